The van der Waals surface area contributed by atoms with E-state index in [2.05, 4.69) is 51.0 Å². The predicted octanol–water partition coefficient (Wildman–Crippen LogP) is 2.94. The smallest absolute Gasteiger partial charge is 0.233 e. The molecule has 1 saturated carbocycles. The fourth-order valence-electron chi connectivity index (χ4n) is 4.69. The van der Waals surface area contributed by atoms with Crippen molar-refractivity contribution < 1.29 is 9.59 Å². The van der Waals surface area contributed by atoms with Gasteiger partial charge in [0.15, 0.2) is 5.16 Å². The quantitative estimate of drug-likeness (QED) is 0.333. The van der Waals surface area contributed by atoms with Gasteiger partial charge in [0.05, 0.1) is 5.75 Å². The van der Waals surface area contributed by atoms with Gasteiger partial charge in [0.2, 0.25) is 11.8 Å². The molecule has 35 heavy (non-hydrogen) atoms. The molecule has 2 saturated heterocycles. The van der Waals surface area contributed by atoms with Crippen molar-refractivity contribution in [2.24, 2.45) is 5.92 Å². The third kappa shape index (κ3) is 5.83. The molecule has 2 aromatic rings. The van der Waals surface area contributed by atoms with Crippen LogP contribution in [0.4, 0.5) is 11.5 Å². The molecule has 186 valence electrons. The highest BCUT2D eigenvalue weighted by molar-refractivity contribution is 7.99. The Bertz CT molecular complexity index is 1080. The minimum Gasteiger partial charge on any atom is -0.368 e. The number of aryl methyl sites for hydroxylation is 1. The molecule has 2 aliphatic heterocycles. The zero-order chi connectivity index (χ0) is 24.4. The van der Waals surface area contributed by atoms with Crippen LogP contribution in [-0.4, -0.2) is 89.7 Å². The van der Waals surface area contributed by atoms with E-state index in [1.807, 2.05) is 9.80 Å². The Morgan fingerprint density at radius 2 is 1.60 bits per heavy atom. The summed E-state index contributed by atoms with van der Waals surface area (Å²) in [6, 6.07) is 10.1. The van der Waals surface area contributed by atoms with Gasteiger partial charge in [-0.05, 0) is 31.4 Å². The van der Waals surface area contributed by atoms with Gasteiger partial charge < -0.3 is 19.6 Å². The van der Waals surface area contributed by atoms with Crippen molar-refractivity contribution in [1.82, 2.24) is 19.8 Å². The Morgan fingerprint density at radius 3 is 2.29 bits per heavy atom. The first-order chi connectivity index (χ1) is 17.0. The molecule has 3 heterocycles. The molecule has 1 aromatic heterocycles. The number of piperazine rings is 2. The summed E-state index contributed by atoms with van der Waals surface area (Å²) >= 11 is 7.62. The molecule has 8 nitrogen and oxygen atoms in total. The normalized spacial score (nSPS) is 18.7. The van der Waals surface area contributed by atoms with E-state index in [0.29, 0.717) is 42.4 Å². The zero-order valence-electron chi connectivity index (χ0n) is 20.0. The monoisotopic (exact) mass is 514 g/mol. The predicted molar refractivity (Wildman–Crippen MR) is 139 cm³/mol. The van der Waals surface area contributed by atoms with E-state index >= 15 is 0 Å². The highest BCUT2D eigenvalue weighted by Gasteiger charge is 2.34. The van der Waals surface area contributed by atoms with Crippen molar-refractivity contribution in [1.29, 1.82) is 0 Å². The molecular formula is C25H31ClN6O2S. The van der Waals surface area contributed by atoms with Crippen molar-refractivity contribution in [3.8, 4) is 0 Å². The summed E-state index contributed by atoms with van der Waals surface area (Å²) in [5.74, 6) is 1.68. The number of thioether (sulfide) groups is 1. The maximum atomic E-state index is 12.9. The number of halogens is 1. The fourth-order valence-corrected chi connectivity index (χ4v) is 5.67. The highest BCUT2D eigenvalue weighted by atomic mass is 35.5. The summed E-state index contributed by atoms with van der Waals surface area (Å²) in [6.45, 7) is 8.04. The van der Waals surface area contributed by atoms with Crippen molar-refractivity contribution >= 4 is 46.7 Å². The highest BCUT2D eigenvalue weighted by Crippen LogP contribution is 2.31. The number of nitrogens with zero attached hydrogens (tertiary/aromatic N) is 6. The number of aromatic nitrogens is 2. The topological polar surface area (TPSA) is 72.9 Å². The number of rotatable bonds is 6. The molecule has 3 fully saturated rings. The van der Waals surface area contributed by atoms with E-state index in [-0.39, 0.29) is 17.6 Å². The Labute approximate surface area is 215 Å². The van der Waals surface area contributed by atoms with Crippen LogP contribution < -0.4 is 9.80 Å². The molecule has 1 aromatic carbocycles. The van der Waals surface area contributed by atoms with Gasteiger partial charge in [-0.15, -0.1) is 0 Å². The van der Waals surface area contributed by atoms with Gasteiger partial charge in [0.25, 0.3) is 0 Å². The first-order valence-corrected chi connectivity index (χ1v) is 13.6. The van der Waals surface area contributed by atoms with Gasteiger partial charge in [0.1, 0.15) is 11.0 Å². The lowest BCUT2D eigenvalue weighted by Crippen LogP contribution is -2.49. The maximum absolute atomic E-state index is 12.9. The minimum atomic E-state index is 0.0942. The average molecular weight is 515 g/mol. The summed E-state index contributed by atoms with van der Waals surface area (Å²) in [6.07, 6.45) is 2.06. The molecule has 0 unspecified atom stereocenters. The lowest BCUT2D eigenvalue weighted by atomic mass is 10.1. The molecule has 5 rings (SSSR count). The molecule has 1 aliphatic carbocycles. The summed E-state index contributed by atoms with van der Waals surface area (Å²) in [5.41, 5.74) is 2.50. The second kappa shape index (κ2) is 10.6. The van der Waals surface area contributed by atoms with Crippen LogP contribution in [0.2, 0.25) is 5.15 Å². The van der Waals surface area contributed by atoms with Crippen LogP contribution in [0.25, 0.3) is 0 Å². The molecule has 10 heteroatoms. The van der Waals surface area contributed by atoms with Crippen molar-refractivity contribution in [3.63, 3.8) is 0 Å². The lowest BCUT2D eigenvalue weighted by molar-refractivity contribution is -0.133. The van der Waals surface area contributed by atoms with Crippen molar-refractivity contribution in [2.45, 2.75) is 24.9 Å². The van der Waals surface area contributed by atoms with Crippen LogP contribution in [0.5, 0.6) is 0 Å². The molecular weight excluding hydrogens is 484 g/mol. The third-order valence-corrected chi connectivity index (χ3v) is 7.94. The molecule has 0 N–H and O–H groups in total. The number of amides is 2. The van der Waals surface area contributed by atoms with Crippen LogP contribution >= 0.6 is 23.4 Å². The number of carbonyl (C=O) groups is 2. The van der Waals surface area contributed by atoms with Crippen LogP contribution in [0, 0.1) is 12.8 Å². The number of hydrogen-bond acceptors (Lipinski definition) is 7. The Hall–Kier alpha value is -2.52. The van der Waals surface area contributed by atoms with E-state index in [1.165, 1.54) is 23.0 Å². The minimum absolute atomic E-state index is 0.0942. The van der Waals surface area contributed by atoms with E-state index in [0.717, 1.165) is 44.8 Å². The summed E-state index contributed by atoms with van der Waals surface area (Å²) < 4.78 is 0. The number of hydrogen-bond donors (Lipinski definition) is 0. The van der Waals surface area contributed by atoms with Gasteiger partial charge >= 0.3 is 0 Å². The van der Waals surface area contributed by atoms with Crippen LogP contribution in [0.1, 0.15) is 18.4 Å². The number of para-hydroxylation sites is 1. The zero-order valence-corrected chi connectivity index (χ0v) is 21.6. The van der Waals surface area contributed by atoms with Crippen LogP contribution in [0.3, 0.4) is 0 Å². The van der Waals surface area contributed by atoms with E-state index in [9.17, 15) is 9.59 Å². The van der Waals surface area contributed by atoms with Gasteiger partial charge in [-0.3, -0.25) is 9.59 Å². The average Bonchev–Trinajstić information content (AvgIpc) is 3.73. The third-order valence-electron chi connectivity index (χ3n) is 6.92. The molecule has 0 spiro atoms. The number of benzene rings is 1. The van der Waals surface area contributed by atoms with E-state index in [4.69, 9.17) is 11.6 Å². The first-order valence-electron chi connectivity index (χ1n) is 12.3. The van der Waals surface area contributed by atoms with Crippen molar-refractivity contribution in [2.75, 3.05) is 67.9 Å². The fraction of sp³-hybridized carbons (Fsp3) is 0.520. The van der Waals surface area contributed by atoms with Gasteiger partial charge in [-0.25, -0.2) is 9.97 Å². The Morgan fingerprint density at radius 1 is 0.943 bits per heavy atom. The number of anilines is 2. The van der Waals surface area contributed by atoms with E-state index in [1.54, 1.807) is 6.07 Å². The second-order valence-corrected chi connectivity index (χ2v) is 10.7. The lowest BCUT2D eigenvalue weighted by Gasteiger charge is -2.36. The molecule has 0 bridgehead atoms. The molecule has 2 amide bonds. The van der Waals surface area contributed by atoms with Crippen molar-refractivity contribution in [3.05, 3.63) is 41.0 Å². The van der Waals surface area contributed by atoms with Gasteiger partial charge in [0, 0.05) is 70.0 Å². The van der Waals surface area contributed by atoms with Crippen LogP contribution in [0.15, 0.2) is 35.5 Å². The summed E-state index contributed by atoms with van der Waals surface area (Å²) in [4.78, 5) is 42.5. The van der Waals surface area contributed by atoms with E-state index < -0.39 is 0 Å². The first kappa shape index (κ1) is 24.2. The Kier molecular flexibility index (Phi) is 7.34. The van der Waals surface area contributed by atoms with Gasteiger partial charge in [-0.1, -0.05) is 41.6 Å². The Balaban J connectivity index is 1.12. The summed E-state index contributed by atoms with van der Waals surface area (Å²) in [7, 11) is 0. The second-order valence-electron chi connectivity index (χ2n) is 9.36. The summed E-state index contributed by atoms with van der Waals surface area (Å²) in [5, 5.41) is 0.879. The van der Waals surface area contributed by atoms with Crippen LogP contribution in [-0.2, 0) is 9.59 Å². The van der Waals surface area contributed by atoms with Gasteiger partial charge in [-0.2, -0.15) is 0 Å². The molecule has 3 aliphatic rings. The standard InChI is InChI=1S/C25H31ClN6O2S/c1-18-4-2-3-5-20(18)29-8-12-31(13-9-29)23(33)17-35-25-27-21(26)16-22(28-25)30-10-14-32(15-11-30)24(34)19-6-7-19/h2-5,16,19H,6-15,17H2,1H3. The largest absolute Gasteiger partial charge is 0.368 e. The SMILES string of the molecule is Cc1ccccc1N1CCN(C(=O)CSc2nc(Cl)cc(N3CCN(C(=O)C4CC4)CC3)n2)CC1. The molecule has 0 radical (unpaired) electrons. The maximum Gasteiger partial charge on any atom is 0.233 e. The number of carbonyl (C=O) groups excluding carboxylic acids is 2. The molecule has 0 atom stereocenters.